The maximum atomic E-state index is 13.5. The van der Waals surface area contributed by atoms with Crippen LogP contribution in [0.1, 0.15) is 22.8 Å². The van der Waals surface area contributed by atoms with E-state index < -0.39 is 0 Å². The lowest BCUT2D eigenvalue weighted by atomic mass is 10.1. The number of rotatable bonds is 1. The Bertz CT molecular complexity index is 884. The number of hydrogen-bond acceptors (Lipinski definition) is 1. The lowest BCUT2D eigenvalue weighted by Crippen LogP contribution is -2.35. The van der Waals surface area contributed by atoms with E-state index in [4.69, 9.17) is 0 Å². The standard InChI is InChI=1S/C18H15FN2O/c1-11-8-12-4-2-3-5-17(12)21(11)18(22)15-10-20-16-7-6-13(19)9-14(15)16/h2-7,9-11,20H,8H2,1H3. The molecule has 0 fully saturated rings. The molecular weight excluding hydrogens is 279 g/mol. The summed E-state index contributed by atoms with van der Waals surface area (Å²) in [5.41, 5.74) is 3.41. The number of carbonyl (C=O) groups is 1. The molecule has 3 aromatic rings. The van der Waals surface area contributed by atoms with E-state index in [2.05, 4.69) is 4.98 Å². The summed E-state index contributed by atoms with van der Waals surface area (Å²) < 4.78 is 13.5. The minimum Gasteiger partial charge on any atom is -0.360 e. The molecule has 2 aromatic carbocycles. The van der Waals surface area contributed by atoms with E-state index in [0.717, 1.165) is 17.6 Å². The molecule has 4 rings (SSSR count). The second-order valence-electron chi connectivity index (χ2n) is 5.75. The van der Waals surface area contributed by atoms with Crippen molar-refractivity contribution in [2.75, 3.05) is 4.90 Å². The summed E-state index contributed by atoms with van der Waals surface area (Å²) in [4.78, 5) is 17.8. The van der Waals surface area contributed by atoms with Crippen molar-refractivity contribution in [1.82, 2.24) is 4.98 Å². The molecule has 0 saturated carbocycles. The number of amides is 1. The molecule has 1 N–H and O–H groups in total. The number of anilines is 1. The summed E-state index contributed by atoms with van der Waals surface area (Å²) in [5, 5.41) is 0.626. The van der Waals surface area contributed by atoms with Crippen LogP contribution in [0.4, 0.5) is 10.1 Å². The fourth-order valence-corrected chi connectivity index (χ4v) is 3.27. The average molecular weight is 294 g/mol. The molecule has 3 nitrogen and oxygen atoms in total. The number of aromatic nitrogens is 1. The lowest BCUT2D eigenvalue weighted by Gasteiger charge is -2.22. The zero-order chi connectivity index (χ0) is 15.3. The van der Waals surface area contributed by atoms with E-state index in [1.54, 1.807) is 12.3 Å². The van der Waals surface area contributed by atoms with Gasteiger partial charge in [-0.15, -0.1) is 0 Å². The number of carbonyl (C=O) groups excluding carboxylic acids is 1. The molecule has 0 bridgehead atoms. The zero-order valence-electron chi connectivity index (χ0n) is 12.1. The molecule has 0 radical (unpaired) electrons. The van der Waals surface area contributed by atoms with Gasteiger partial charge in [0.05, 0.1) is 5.56 Å². The second kappa shape index (κ2) is 4.70. The van der Waals surface area contributed by atoms with Crippen LogP contribution in [0, 0.1) is 5.82 Å². The van der Waals surface area contributed by atoms with Crippen molar-refractivity contribution in [2.24, 2.45) is 0 Å². The Balaban J connectivity index is 1.82. The van der Waals surface area contributed by atoms with Gasteiger partial charge in [0.1, 0.15) is 5.82 Å². The van der Waals surface area contributed by atoms with Gasteiger partial charge in [0.15, 0.2) is 0 Å². The van der Waals surface area contributed by atoms with Crippen LogP contribution in [0.25, 0.3) is 10.9 Å². The molecule has 1 unspecified atom stereocenters. The molecule has 0 spiro atoms. The van der Waals surface area contributed by atoms with E-state index in [1.165, 1.54) is 17.7 Å². The SMILES string of the molecule is CC1Cc2ccccc2N1C(=O)c1c[nH]c2ccc(F)cc12. The van der Waals surface area contributed by atoms with Crippen LogP contribution in [0.2, 0.25) is 0 Å². The summed E-state index contributed by atoms with van der Waals surface area (Å²) in [5.74, 6) is -0.426. The highest BCUT2D eigenvalue weighted by atomic mass is 19.1. The second-order valence-corrected chi connectivity index (χ2v) is 5.75. The number of aromatic amines is 1. The van der Waals surface area contributed by atoms with Gasteiger partial charge in [-0.1, -0.05) is 18.2 Å². The third-order valence-electron chi connectivity index (χ3n) is 4.30. The lowest BCUT2D eigenvalue weighted by molar-refractivity contribution is 0.0983. The number of fused-ring (bicyclic) bond motifs is 2. The molecule has 1 aliphatic rings. The third kappa shape index (κ3) is 1.84. The quantitative estimate of drug-likeness (QED) is 0.726. The number of halogens is 1. The predicted octanol–water partition coefficient (Wildman–Crippen LogP) is 3.90. The van der Waals surface area contributed by atoms with Crippen LogP contribution in [-0.4, -0.2) is 16.9 Å². The van der Waals surface area contributed by atoms with Gasteiger partial charge < -0.3 is 9.88 Å². The normalized spacial score (nSPS) is 17.0. The Morgan fingerprint density at radius 3 is 2.95 bits per heavy atom. The Morgan fingerprint density at radius 1 is 1.27 bits per heavy atom. The first-order chi connectivity index (χ1) is 10.6. The van der Waals surface area contributed by atoms with Gasteiger partial charge in [0.25, 0.3) is 5.91 Å². The van der Waals surface area contributed by atoms with Gasteiger partial charge in [-0.2, -0.15) is 0 Å². The van der Waals surface area contributed by atoms with Crippen LogP contribution in [-0.2, 0) is 6.42 Å². The van der Waals surface area contributed by atoms with Crippen molar-refractivity contribution in [3.8, 4) is 0 Å². The summed E-state index contributed by atoms with van der Waals surface area (Å²) in [6, 6.07) is 12.5. The molecule has 110 valence electrons. The van der Waals surface area contributed by atoms with Crippen LogP contribution in [0.5, 0.6) is 0 Å². The van der Waals surface area contributed by atoms with Crippen molar-refractivity contribution >= 4 is 22.5 Å². The van der Waals surface area contributed by atoms with Gasteiger partial charge in [0, 0.05) is 28.8 Å². The smallest absolute Gasteiger partial charge is 0.260 e. The highest BCUT2D eigenvalue weighted by Gasteiger charge is 2.32. The van der Waals surface area contributed by atoms with Crippen molar-refractivity contribution < 1.29 is 9.18 Å². The largest absolute Gasteiger partial charge is 0.360 e. The molecule has 0 saturated heterocycles. The van der Waals surface area contributed by atoms with Crippen LogP contribution >= 0.6 is 0 Å². The van der Waals surface area contributed by atoms with Crippen molar-refractivity contribution in [3.05, 3.63) is 65.6 Å². The molecule has 1 aliphatic heterocycles. The minimum absolute atomic E-state index is 0.0886. The number of hydrogen-bond donors (Lipinski definition) is 1. The van der Waals surface area contributed by atoms with Gasteiger partial charge in [-0.25, -0.2) is 4.39 Å². The molecular formula is C18H15FN2O. The molecule has 0 aliphatic carbocycles. The van der Waals surface area contributed by atoms with Crippen LogP contribution in [0.15, 0.2) is 48.7 Å². The average Bonchev–Trinajstić information content (AvgIpc) is 3.06. The highest BCUT2D eigenvalue weighted by molar-refractivity contribution is 6.15. The number of benzene rings is 2. The Hall–Kier alpha value is -2.62. The Labute approximate surface area is 127 Å². The third-order valence-corrected chi connectivity index (χ3v) is 4.30. The maximum absolute atomic E-state index is 13.5. The van der Waals surface area contributed by atoms with Gasteiger partial charge in [-0.05, 0) is 43.2 Å². The van der Waals surface area contributed by atoms with E-state index >= 15 is 0 Å². The first-order valence-electron chi connectivity index (χ1n) is 7.33. The van der Waals surface area contributed by atoms with Crippen molar-refractivity contribution in [1.29, 1.82) is 0 Å². The van der Waals surface area contributed by atoms with Crippen molar-refractivity contribution in [3.63, 3.8) is 0 Å². The first-order valence-corrected chi connectivity index (χ1v) is 7.33. The van der Waals surface area contributed by atoms with E-state index in [0.29, 0.717) is 10.9 Å². The molecule has 1 atom stereocenters. The number of H-pyrrole nitrogens is 1. The zero-order valence-corrected chi connectivity index (χ0v) is 12.1. The summed E-state index contributed by atoms with van der Waals surface area (Å²) in [6.45, 7) is 2.04. The summed E-state index contributed by atoms with van der Waals surface area (Å²) in [7, 11) is 0. The summed E-state index contributed by atoms with van der Waals surface area (Å²) in [6.07, 6.45) is 2.51. The molecule has 1 aromatic heterocycles. The van der Waals surface area contributed by atoms with Crippen LogP contribution < -0.4 is 4.90 Å². The predicted molar refractivity (Wildman–Crippen MR) is 84.7 cm³/mol. The molecule has 2 heterocycles. The first kappa shape index (κ1) is 13.1. The van der Waals surface area contributed by atoms with E-state index in [1.807, 2.05) is 36.1 Å². The summed E-state index contributed by atoms with van der Waals surface area (Å²) >= 11 is 0. The number of nitrogens with one attached hydrogen (secondary N) is 1. The van der Waals surface area contributed by atoms with Gasteiger partial charge in [-0.3, -0.25) is 4.79 Å². The highest BCUT2D eigenvalue weighted by Crippen LogP contribution is 2.34. The van der Waals surface area contributed by atoms with Crippen molar-refractivity contribution in [2.45, 2.75) is 19.4 Å². The topological polar surface area (TPSA) is 36.1 Å². The van der Waals surface area contributed by atoms with Gasteiger partial charge >= 0.3 is 0 Å². The molecule has 1 amide bonds. The maximum Gasteiger partial charge on any atom is 0.260 e. The van der Waals surface area contributed by atoms with Crippen LogP contribution in [0.3, 0.4) is 0 Å². The number of para-hydroxylation sites is 1. The van der Waals surface area contributed by atoms with E-state index in [-0.39, 0.29) is 17.8 Å². The Kier molecular flexibility index (Phi) is 2.79. The monoisotopic (exact) mass is 294 g/mol. The molecule has 4 heteroatoms. The number of nitrogens with zero attached hydrogens (tertiary/aromatic N) is 1. The van der Waals surface area contributed by atoms with E-state index in [9.17, 15) is 9.18 Å². The Morgan fingerprint density at radius 2 is 2.09 bits per heavy atom. The minimum atomic E-state index is -0.337. The fraction of sp³-hybridized carbons (Fsp3) is 0.167. The molecule has 22 heavy (non-hydrogen) atoms. The van der Waals surface area contributed by atoms with Gasteiger partial charge in [0.2, 0.25) is 0 Å². The fourth-order valence-electron chi connectivity index (χ4n) is 3.27.